The molecule has 2 aliphatic rings. The van der Waals surface area contributed by atoms with Gasteiger partial charge in [-0.1, -0.05) is 6.42 Å². The molecule has 0 N–H and O–H groups in total. The molecule has 0 saturated carbocycles. The van der Waals surface area contributed by atoms with Crippen molar-refractivity contribution in [3.63, 3.8) is 0 Å². The summed E-state index contributed by atoms with van der Waals surface area (Å²) in [7, 11) is 0. The molecule has 10 heavy (non-hydrogen) atoms. The second-order valence-electron chi connectivity index (χ2n) is 3.26. The van der Waals surface area contributed by atoms with E-state index in [-0.39, 0.29) is 0 Å². The minimum Gasteiger partial charge on any atom is -0.377 e. The molecule has 0 bridgehead atoms. The summed E-state index contributed by atoms with van der Waals surface area (Å²) < 4.78 is 7.68. The molecule has 2 heterocycles. The first kappa shape index (κ1) is 7.31. The van der Waals surface area contributed by atoms with Gasteiger partial charge in [-0.2, -0.15) is 0 Å². The predicted octanol–water partition coefficient (Wildman–Crippen LogP) is 1.59. The molecule has 2 saturated heterocycles. The number of hydrogen-bond acceptors (Lipinski definition) is 2. The van der Waals surface area contributed by atoms with E-state index in [4.69, 9.17) is 4.74 Å². The Morgan fingerprint density at radius 2 is 2.10 bits per heavy atom. The van der Waals surface area contributed by atoms with Gasteiger partial charge in [0.1, 0.15) is 0 Å². The van der Waals surface area contributed by atoms with Crippen LogP contribution in [0.5, 0.6) is 0 Å². The van der Waals surface area contributed by atoms with Gasteiger partial charge in [0.25, 0.3) is 0 Å². The molecule has 0 aromatic carbocycles. The third kappa shape index (κ3) is 0.987. The van der Waals surface area contributed by atoms with Crippen LogP contribution in [0.25, 0.3) is 0 Å². The monoisotopic (exact) mass is 253 g/mol. The average molecular weight is 253 g/mol. The summed E-state index contributed by atoms with van der Waals surface area (Å²) in [4.78, 5) is 0. The minimum atomic E-state index is 0.457. The Hall–Kier alpha value is 0.650. The van der Waals surface area contributed by atoms with Crippen LogP contribution in [0.1, 0.15) is 19.3 Å². The van der Waals surface area contributed by atoms with Gasteiger partial charge >= 0.3 is 0 Å². The normalized spacial score (nSPS) is 32.1. The van der Waals surface area contributed by atoms with E-state index >= 15 is 0 Å². The van der Waals surface area contributed by atoms with Gasteiger partial charge in [-0.25, -0.2) is 3.11 Å². The van der Waals surface area contributed by atoms with Crippen molar-refractivity contribution in [1.29, 1.82) is 0 Å². The second-order valence-corrected chi connectivity index (χ2v) is 4.42. The zero-order valence-electron chi connectivity index (χ0n) is 5.98. The quantitative estimate of drug-likeness (QED) is 0.480. The van der Waals surface area contributed by atoms with Crippen LogP contribution < -0.4 is 0 Å². The number of halogens is 1. The van der Waals surface area contributed by atoms with Crippen LogP contribution in [0.15, 0.2) is 0 Å². The molecule has 0 aromatic rings. The van der Waals surface area contributed by atoms with Gasteiger partial charge in [0.05, 0.1) is 18.8 Å². The Labute approximate surface area is 75.4 Å². The summed E-state index contributed by atoms with van der Waals surface area (Å²) in [5.41, 5.74) is 0.457. The largest absolute Gasteiger partial charge is 0.377 e. The fourth-order valence-corrected chi connectivity index (χ4v) is 2.55. The summed E-state index contributed by atoms with van der Waals surface area (Å²) in [6, 6.07) is 0. The van der Waals surface area contributed by atoms with Gasteiger partial charge in [-0.05, 0) is 12.8 Å². The third-order valence-corrected chi connectivity index (χ3v) is 4.01. The highest BCUT2D eigenvalue weighted by atomic mass is 127. The van der Waals surface area contributed by atoms with E-state index < -0.39 is 0 Å². The van der Waals surface area contributed by atoms with Gasteiger partial charge < -0.3 is 4.74 Å². The summed E-state index contributed by atoms with van der Waals surface area (Å²) in [5, 5.41) is 0. The average Bonchev–Trinajstić information content (AvgIpc) is 1.85. The molecule has 0 unspecified atom stereocenters. The zero-order chi connectivity index (χ0) is 7.03. The number of piperidine rings is 1. The molecule has 2 nitrogen and oxygen atoms in total. The molecule has 2 rings (SSSR count). The predicted molar refractivity (Wildman–Crippen MR) is 48.1 cm³/mol. The molecule has 1 spiro atoms. The highest BCUT2D eigenvalue weighted by molar-refractivity contribution is 14.1. The summed E-state index contributed by atoms with van der Waals surface area (Å²) >= 11 is 2.44. The Bertz CT molecular complexity index is 136. The van der Waals surface area contributed by atoms with Crippen LogP contribution in [0, 0.1) is 0 Å². The fourth-order valence-electron chi connectivity index (χ4n) is 1.69. The Morgan fingerprint density at radius 3 is 2.50 bits per heavy atom. The molecular formula is C7H12INO. The highest BCUT2D eigenvalue weighted by Gasteiger charge is 2.44. The summed E-state index contributed by atoms with van der Waals surface area (Å²) in [6.45, 7) is 3.19. The molecule has 0 atom stereocenters. The Kier molecular flexibility index (Phi) is 1.90. The zero-order valence-corrected chi connectivity index (χ0v) is 8.13. The molecule has 0 radical (unpaired) electrons. The van der Waals surface area contributed by atoms with Crippen molar-refractivity contribution >= 4 is 22.9 Å². The molecule has 58 valence electrons. The number of rotatable bonds is 0. The number of hydrogen-bond donors (Lipinski definition) is 0. The van der Waals surface area contributed by atoms with Crippen LogP contribution in [-0.2, 0) is 4.74 Å². The van der Waals surface area contributed by atoms with Gasteiger partial charge in [-0.3, -0.25) is 0 Å². The summed E-state index contributed by atoms with van der Waals surface area (Å²) in [5.74, 6) is 0. The van der Waals surface area contributed by atoms with Crippen molar-refractivity contribution < 1.29 is 4.74 Å². The second kappa shape index (κ2) is 2.60. The van der Waals surface area contributed by atoms with Crippen LogP contribution in [-0.4, -0.2) is 28.4 Å². The van der Waals surface area contributed by atoms with E-state index in [1.54, 1.807) is 0 Å². The lowest BCUT2D eigenvalue weighted by molar-refractivity contribution is -0.115. The molecule has 2 aliphatic heterocycles. The molecule has 0 amide bonds. The molecular weight excluding hydrogens is 241 g/mol. The molecule has 2 fully saturated rings. The van der Waals surface area contributed by atoms with E-state index in [0.717, 1.165) is 13.2 Å². The van der Waals surface area contributed by atoms with E-state index in [1.165, 1.54) is 25.8 Å². The Balaban J connectivity index is 2.03. The molecule has 3 heteroatoms. The van der Waals surface area contributed by atoms with Crippen molar-refractivity contribution in [2.45, 2.75) is 24.8 Å². The van der Waals surface area contributed by atoms with E-state index in [1.807, 2.05) is 0 Å². The summed E-state index contributed by atoms with van der Waals surface area (Å²) in [6.07, 6.45) is 4.10. The smallest absolute Gasteiger partial charge is 0.0770 e. The van der Waals surface area contributed by atoms with Crippen molar-refractivity contribution in [2.75, 3.05) is 19.8 Å². The van der Waals surface area contributed by atoms with E-state index in [9.17, 15) is 0 Å². The van der Waals surface area contributed by atoms with Crippen LogP contribution in [0.2, 0.25) is 0 Å². The Morgan fingerprint density at radius 1 is 1.30 bits per heavy atom. The SMILES string of the molecule is IN1CCCCC12COC2. The number of nitrogens with zero attached hydrogens (tertiary/aromatic N) is 1. The third-order valence-electron chi connectivity index (χ3n) is 2.50. The van der Waals surface area contributed by atoms with Crippen molar-refractivity contribution in [3.8, 4) is 0 Å². The van der Waals surface area contributed by atoms with Gasteiger partial charge in [0.2, 0.25) is 0 Å². The highest BCUT2D eigenvalue weighted by Crippen LogP contribution is 2.36. The first-order chi connectivity index (χ1) is 4.83. The van der Waals surface area contributed by atoms with Gasteiger partial charge in [0, 0.05) is 29.4 Å². The van der Waals surface area contributed by atoms with Crippen molar-refractivity contribution in [2.24, 2.45) is 0 Å². The molecule has 0 aliphatic carbocycles. The van der Waals surface area contributed by atoms with E-state index in [2.05, 4.69) is 26.0 Å². The lowest BCUT2D eigenvalue weighted by atomic mass is 9.87. The van der Waals surface area contributed by atoms with Crippen molar-refractivity contribution in [1.82, 2.24) is 3.11 Å². The van der Waals surface area contributed by atoms with Gasteiger partial charge in [0.15, 0.2) is 0 Å². The van der Waals surface area contributed by atoms with Crippen LogP contribution >= 0.6 is 22.9 Å². The number of ether oxygens (including phenoxy) is 1. The molecule has 0 aromatic heterocycles. The topological polar surface area (TPSA) is 12.5 Å². The lowest BCUT2D eigenvalue weighted by Gasteiger charge is -2.49. The fraction of sp³-hybridized carbons (Fsp3) is 1.00. The van der Waals surface area contributed by atoms with Crippen molar-refractivity contribution in [3.05, 3.63) is 0 Å². The maximum atomic E-state index is 5.24. The van der Waals surface area contributed by atoms with Gasteiger partial charge in [-0.15, -0.1) is 0 Å². The maximum absolute atomic E-state index is 5.24. The minimum absolute atomic E-state index is 0.457. The maximum Gasteiger partial charge on any atom is 0.0770 e. The van der Waals surface area contributed by atoms with Crippen LogP contribution in [0.4, 0.5) is 0 Å². The standard InChI is InChI=1S/C7H12INO/c8-9-4-2-1-3-7(9)5-10-6-7/h1-6H2. The lowest BCUT2D eigenvalue weighted by Crippen LogP contribution is -2.60. The van der Waals surface area contributed by atoms with Crippen LogP contribution in [0.3, 0.4) is 0 Å². The first-order valence-electron chi connectivity index (χ1n) is 3.85. The van der Waals surface area contributed by atoms with E-state index in [0.29, 0.717) is 5.54 Å². The first-order valence-corrected chi connectivity index (χ1v) is 4.81.